The average Bonchev–Trinajstić information content (AvgIpc) is 3.20. The fourth-order valence-corrected chi connectivity index (χ4v) is 1.54. The maximum Gasteiger partial charge on any atom is 0.340 e. The summed E-state index contributed by atoms with van der Waals surface area (Å²) >= 11 is 0. The number of hydrogen-bond acceptors (Lipinski definition) is 4. The Balaban J connectivity index is 1.89. The van der Waals surface area contributed by atoms with Gasteiger partial charge in [0.05, 0.1) is 6.61 Å². The molecule has 102 valence electrons. The second-order valence-electron chi connectivity index (χ2n) is 4.73. The first-order valence-electron chi connectivity index (χ1n) is 6.29. The van der Waals surface area contributed by atoms with E-state index < -0.39 is 18.0 Å². The van der Waals surface area contributed by atoms with Crippen LogP contribution in [0.1, 0.15) is 30.1 Å². The minimum absolute atomic E-state index is 0.295. The topological polar surface area (TPSA) is 78.6 Å². The summed E-state index contributed by atoms with van der Waals surface area (Å²) in [5.74, 6) is -0.144. The van der Waals surface area contributed by atoms with E-state index in [0.29, 0.717) is 23.8 Å². The monoisotopic (exact) mass is 263 g/mol. The van der Waals surface area contributed by atoms with Crippen molar-refractivity contribution < 1.29 is 19.1 Å². The Morgan fingerprint density at radius 1 is 1.42 bits per heavy atom. The largest absolute Gasteiger partial charge is 0.425 e. The molecule has 0 bridgehead atoms. The van der Waals surface area contributed by atoms with Crippen molar-refractivity contribution in [1.29, 1.82) is 0 Å². The SMILES string of the molecule is C[C@@H](OCC1CC1)C(=O)Oc1cccc(C(N)=O)c1. The number of rotatable bonds is 6. The van der Waals surface area contributed by atoms with E-state index in [4.69, 9.17) is 15.2 Å². The summed E-state index contributed by atoms with van der Waals surface area (Å²) in [4.78, 5) is 22.8. The molecule has 5 heteroatoms. The Kier molecular flexibility index (Phi) is 4.16. The normalized spacial score (nSPS) is 15.8. The highest BCUT2D eigenvalue weighted by atomic mass is 16.6. The molecule has 1 amide bonds. The molecule has 1 aromatic rings. The second-order valence-corrected chi connectivity index (χ2v) is 4.73. The van der Waals surface area contributed by atoms with E-state index in [1.54, 1.807) is 25.1 Å². The van der Waals surface area contributed by atoms with Crippen molar-refractivity contribution in [3.05, 3.63) is 29.8 Å². The number of carbonyl (C=O) groups excluding carboxylic acids is 2. The van der Waals surface area contributed by atoms with Gasteiger partial charge in [-0.05, 0) is 43.9 Å². The van der Waals surface area contributed by atoms with E-state index >= 15 is 0 Å². The van der Waals surface area contributed by atoms with Gasteiger partial charge in [0.1, 0.15) is 5.75 Å². The van der Waals surface area contributed by atoms with Gasteiger partial charge >= 0.3 is 5.97 Å². The molecule has 19 heavy (non-hydrogen) atoms. The smallest absolute Gasteiger partial charge is 0.340 e. The summed E-state index contributed by atoms with van der Waals surface area (Å²) in [7, 11) is 0. The lowest BCUT2D eigenvalue weighted by atomic mass is 10.2. The third-order valence-electron chi connectivity index (χ3n) is 2.95. The van der Waals surface area contributed by atoms with E-state index in [1.165, 1.54) is 18.9 Å². The Morgan fingerprint density at radius 2 is 2.16 bits per heavy atom. The van der Waals surface area contributed by atoms with Crippen LogP contribution >= 0.6 is 0 Å². The van der Waals surface area contributed by atoms with Gasteiger partial charge in [0, 0.05) is 5.56 Å². The zero-order chi connectivity index (χ0) is 13.8. The van der Waals surface area contributed by atoms with Crippen LogP contribution in [0.3, 0.4) is 0 Å². The van der Waals surface area contributed by atoms with Crippen LogP contribution in [0.4, 0.5) is 0 Å². The van der Waals surface area contributed by atoms with Crippen LogP contribution in [0, 0.1) is 5.92 Å². The molecule has 0 unspecified atom stereocenters. The second kappa shape index (κ2) is 5.84. The molecule has 0 aliphatic heterocycles. The molecule has 1 saturated carbocycles. The zero-order valence-corrected chi connectivity index (χ0v) is 10.8. The number of ether oxygens (including phenoxy) is 2. The number of carbonyl (C=O) groups is 2. The van der Waals surface area contributed by atoms with Crippen LogP contribution in [-0.2, 0) is 9.53 Å². The molecule has 5 nitrogen and oxygen atoms in total. The summed E-state index contributed by atoms with van der Waals surface area (Å²) in [5, 5.41) is 0. The van der Waals surface area contributed by atoms with Gasteiger partial charge in [-0.15, -0.1) is 0 Å². The Labute approximate surface area is 111 Å². The third kappa shape index (κ3) is 4.06. The minimum atomic E-state index is -0.613. The Hall–Kier alpha value is -1.88. The fraction of sp³-hybridized carbons (Fsp3) is 0.429. The molecule has 0 aromatic heterocycles. The van der Waals surface area contributed by atoms with Gasteiger partial charge in [-0.3, -0.25) is 4.79 Å². The highest BCUT2D eigenvalue weighted by molar-refractivity contribution is 5.93. The first-order valence-corrected chi connectivity index (χ1v) is 6.29. The van der Waals surface area contributed by atoms with Crippen LogP contribution in [0.15, 0.2) is 24.3 Å². The summed E-state index contributed by atoms with van der Waals surface area (Å²) in [6.07, 6.45) is 1.73. The van der Waals surface area contributed by atoms with E-state index in [0.717, 1.165) is 0 Å². The number of amides is 1. The van der Waals surface area contributed by atoms with E-state index in [1.807, 2.05) is 0 Å². The summed E-state index contributed by atoms with van der Waals surface area (Å²) < 4.78 is 10.6. The van der Waals surface area contributed by atoms with Gasteiger partial charge < -0.3 is 15.2 Å². The molecule has 1 aromatic carbocycles. The summed E-state index contributed by atoms with van der Waals surface area (Å²) in [5.41, 5.74) is 5.46. The molecule has 1 atom stereocenters. The van der Waals surface area contributed by atoms with Crippen molar-refractivity contribution in [2.24, 2.45) is 11.7 Å². The predicted octanol–water partition coefficient (Wildman–Crippen LogP) is 1.51. The Bertz CT molecular complexity index is 482. The molecule has 0 spiro atoms. The molecule has 0 radical (unpaired) electrons. The molecule has 1 aliphatic carbocycles. The highest BCUT2D eigenvalue weighted by Gasteiger charge is 2.24. The first-order chi connectivity index (χ1) is 9.06. The lowest BCUT2D eigenvalue weighted by Gasteiger charge is -2.12. The molecular weight excluding hydrogens is 246 g/mol. The lowest BCUT2D eigenvalue weighted by Crippen LogP contribution is -2.26. The molecule has 2 rings (SSSR count). The van der Waals surface area contributed by atoms with Crippen molar-refractivity contribution in [3.63, 3.8) is 0 Å². The van der Waals surface area contributed by atoms with Gasteiger partial charge in [0.15, 0.2) is 6.10 Å². The molecule has 1 aliphatic rings. The van der Waals surface area contributed by atoms with Gasteiger partial charge in [0.2, 0.25) is 5.91 Å². The highest BCUT2D eigenvalue weighted by Crippen LogP contribution is 2.29. The van der Waals surface area contributed by atoms with Crippen LogP contribution in [0.2, 0.25) is 0 Å². The van der Waals surface area contributed by atoms with Gasteiger partial charge in [0.25, 0.3) is 0 Å². The van der Waals surface area contributed by atoms with Crippen molar-refractivity contribution in [2.75, 3.05) is 6.61 Å². The number of benzene rings is 1. The number of hydrogen-bond donors (Lipinski definition) is 1. The average molecular weight is 263 g/mol. The zero-order valence-electron chi connectivity index (χ0n) is 10.8. The van der Waals surface area contributed by atoms with Crippen molar-refractivity contribution >= 4 is 11.9 Å². The van der Waals surface area contributed by atoms with Gasteiger partial charge in [-0.1, -0.05) is 6.07 Å². The number of nitrogens with two attached hydrogens (primary N) is 1. The Morgan fingerprint density at radius 3 is 2.79 bits per heavy atom. The van der Waals surface area contributed by atoms with Crippen LogP contribution in [-0.4, -0.2) is 24.6 Å². The van der Waals surface area contributed by atoms with E-state index in [2.05, 4.69) is 0 Å². The molecule has 2 N–H and O–H groups in total. The molecule has 0 saturated heterocycles. The predicted molar refractivity (Wildman–Crippen MR) is 68.7 cm³/mol. The van der Waals surface area contributed by atoms with Gasteiger partial charge in [-0.25, -0.2) is 4.79 Å². The van der Waals surface area contributed by atoms with Crippen molar-refractivity contribution in [1.82, 2.24) is 0 Å². The van der Waals surface area contributed by atoms with Crippen LogP contribution < -0.4 is 10.5 Å². The summed E-state index contributed by atoms with van der Waals surface area (Å²) in [6.45, 7) is 2.25. The van der Waals surface area contributed by atoms with Crippen LogP contribution in [0.5, 0.6) is 5.75 Å². The number of primary amides is 1. The standard InChI is InChI=1S/C14H17NO4/c1-9(18-8-10-5-6-10)14(17)19-12-4-2-3-11(7-12)13(15)16/h2-4,7,9-10H,5-6,8H2,1H3,(H2,15,16)/t9-/m1/s1. The lowest BCUT2D eigenvalue weighted by molar-refractivity contribution is -0.146. The molecule has 1 fully saturated rings. The first kappa shape index (κ1) is 13.5. The molecular formula is C14H17NO4. The number of esters is 1. The van der Waals surface area contributed by atoms with Gasteiger partial charge in [-0.2, -0.15) is 0 Å². The van der Waals surface area contributed by atoms with E-state index in [-0.39, 0.29) is 0 Å². The molecule has 0 heterocycles. The third-order valence-corrected chi connectivity index (χ3v) is 2.95. The summed E-state index contributed by atoms with van der Waals surface area (Å²) in [6, 6.07) is 6.21. The quantitative estimate of drug-likeness (QED) is 0.623. The minimum Gasteiger partial charge on any atom is -0.425 e. The van der Waals surface area contributed by atoms with E-state index in [9.17, 15) is 9.59 Å². The van der Waals surface area contributed by atoms with Crippen molar-refractivity contribution in [2.45, 2.75) is 25.9 Å². The maximum atomic E-state index is 11.8. The maximum absolute atomic E-state index is 11.8. The van der Waals surface area contributed by atoms with Crippen LogP contribution in [0.25, 0.3) is 0 Å². The van der Waals surface area contributed by atoms with Crippen molar-refractivity contribution in [3.8, 4) is 5.75 Å². The fourth-order valence-electron chi connectivity index (χ4n) is 1.54.